The van der Waals surface area contributed by atoms with Crippen LogP contribution in [0.5, 0.6) is 0 Å². The number of anilines is 1. The quantitative estimate of drug-likeness (QED) is 0.501. The van der Waals surface area contributed by atoms with Crippen molar-refractivity contribution in [3.8, 4) is 0 Å². The molecule has 2 N–H and O–H groups in total. The standard InChI is InChI=1S/C24H25FN6O2/c1-15-20(6-5-18(27-15)23(32)26-2)30-10-8-29(9-11-30)14-16-12-17(25)22-19(13-16)28-24(33)31-7-3-4-21(22)31/h3-7,12-13H,8-11,14H2,1-2H3,(H,26,32)(H,28,33). The number of nitrogens with zero attached hydrogens (tertiary/aromatic N) is 4. The fourth-order valence-corrected chi connectivity index (χ4v) is 4.60. The molecule has 4 aromatic rings. The maximum absolute atomic E-state index is 15.0. The van der Waals surface area contributed by atoms with Gasteiger partial charge in [-0.2, -0.15) is 0 Å². The highest BCUT2D eigenvalue weighted by atomic mass is 19.1. The van der Waals surface area contributed by atoms with Gasteiger partial charge in [0.25, 0.3) is 5.91 Å². The van der Waals surface area contributed by atoms with Crippen molar-refractivity contribution in [1.82, 2.24) is 24.6 Å². The number of piperazine rings is 1. The highest BCUT2D eigenvalue weighted by Crippen LogP contribution is 2.25. The van der Waals surface area contributed by atoms with Crippen LogP contribution in [0.1, 0.15) is 21.7 Å². The Bertz CT molecular complexity index is 1420. The van der Waals surface area contributed by atoms with Gasteiger partial charge in [-0.1, -0.05) is 0 Å². The van der Waals surface area contributed by atoms with Crippen molar-refractivity contribution < 1.29 is 9.18 Å². The minimum atomic E-state index is -0.334. The third kappa shape index (κ3) is 3.84. The second kappa shape index (κ2) is 8.32. The highest BCUT2D eigenvalue weighted by Gasteiger charge is 2.21. The zero-order valence-electron chi connectivity index (χ0n) is 18.6. The summed E-state index contributed by atoms with van der Waals surface area (Å²) in [5, 5.41) is 3.02. The lowest BCUT2D eigenvalue weighted by molar-refractivity contribution is 0.0958. The number of aryl methyl sites for hydroxylation is 1. The molecule has 1 amide bonds. The molecule has 0 aliphatic carbocycles. The molecule has 1 aliphatic heterocycles. The first-order valence-electron chi connectivity index (χ1n) is 10.9. The molecule has 9 heteroatoms. The molecule has 0 radical (unpaired) electrons. The molecule has 170 valence electrons. The van der Waals surface area contributed by atoms with Crippen LogP contribution in [0.15, 0.2) is 47.4 Å². The third-order valence-electron chi connectivity index (χ3n) is 6.25. The van der Waals surface area contributed by atoms with E-state index in [0.29, 0.717) is 28.7 Å². The number of fused-ring (bicyclic) bond motifs is 3. The number of benzene rings is 1. The number of carbonyl (C=O) groups excluding carboxylic acids is 1. The van der Waals surface area contributed by atoms with E-state index in [1.807, 2.05) is 19.1 Å². The molecule has 1 aromatic carbocycles. The highest BCUT2D eigenvalue weighted by molar-refractivity contribution is 5.94. The van der Waals surface area contributed by atoms with Gasteiger partial charge >= 0.3 is 5.69 Å². The van der Waals surface area contributed by atoms with Crippen molar-refractivity contribution in [2.45, 2.75) is 13.5 Å². The maximum atomic E-state index is 15.0. The lowest BCUT2D eigenvalue weighted by atomic mass is 10.1. The third-order valence-corrected chi connectivity index (χ3v) is 6.25. The van der Waals surface area contributed by atoms with Crippen LogP contribution in [0, 0.1) is 12.7 Å². The first-order valence-corrected chi connectivity index (χ1v) is 10.9. The summed E-state index contributed by atoms with van der Waals surface area (Å²) in [6, 6.07) is 10.6. The van der Waals surface area contributed by atoms with Crippen LogP contribution < -0.4 is 15.9 Å². The largest absolute Gasteiger partial charge is 0.368 e. The monoisotopic (exact) mass is 448 g/mol. The number of hydrogen-bond acceptors (Lipinski definition) is 5. The van der Waals surface area contributed by atoms with Crippen LogP contribution in [-0.2, 0) is 6.54 Å². The van der Waals surface area contributed by atoms with E-state index in [1.165, 1.54) is 4.40 Å². The topological polar surface area (TPSA) is 85.7 Å². The molecular formula is C24H25FN6O2. The summed E-state index contributed by atoms with van der Waals surface area (Å²) in [6.45, 7) is 5.74. The molecule has 0 spiro atoms. The summed E-state index contributed by atoms with van der Waals surface area (Å²) >= 11 is 0. The number of halogens is 1. The second-order valence-electron chi connectivity index (χ2n) is 8.34. The number of H-pyrrole nitrogens is 1. The average Bonchev–Trinajstić information content (AvgIpc) is 3.29. The smallest absolute Gasteiger partial charge is 0.330 e. The summed E-state index contributed by atoms with van der Waals surface area (Å²) in [5.74, 6) is -0.532. The van der Waals surface area contributed by atoms with E-state index in [0.717, 1.165) is 43.1 Å². The summed E-state index contributed by atoms with van der Waals surface area (Å²) in [5.41, 5.74) is 3.88. The molecule has 33 heavy (non-hydrogen) atoms. The maximum Gasteiger partial charge on any atom is 0.330 e. The van der Waals surface area contributed by atoms with Crippen molar-refractivity contribution in [3.05, 3.63) is 75.8 Å². The predicted octanol–water partition coefficient (Wildman–Crippen LogP) is 2.31. The van der Waals surface area contributed by atoms with Crippen LogP contribution in [0.3, 0.4) is 0 Å². The van der Waals surface area contributed by atoms with Gasteiger partial charge in [-0.3, -0.25) is 14.1 Å². The van der Waals surface area contributed by atoms with Gasteiger partial charge in [-0.25, -0.2) is 14.2 Å². The lowest BCUT2D eigenvalue weighted by Gasteiger charge is -2.36. The van der Waals surface area contributed by atoms with Gasteiger partial charge in [-0.05, 0) is 48.9 Å². The fourth-order valence-electron chi connectivity index (χ4n) is 4.60. The zero-order valence-corrected chi connectivity index (χ0v) is 18.6. The zero-order chi connectivity index (χ0) is 23.1. The van der Waals surface area contributed by atoms with E-state index >= 15 is 0 Å². The van der Waals surface area contributed by atoms with Gasteiger partial charge in [0.2, 0.25) is 0 Å². The van der Waals surface area contributed by atoms with Crippen LogP contribution in [0.4, 0.5) is 10.1 Å². The molecule has 0 unspecified atom stereocenters. The number of carbonyl (C=O) groups is 1. The van der Waals surface area contributed by atoms with Crippen molar-refractivity contribution in [2.24, 2.45) is 0 Å². The Labute approximate surface area is 189 Å². The van der Waals surface area contributed by atoms with Gasteiger partial charge in [-0.15, -0.1) is 0 Å². The average molecular weight is 449 g/mol. The molecule has 3 aromatic heterocycles. The van der Waals surface area contributed by atoms with Crippen molar-refractivity contribution in [2.75, 3.05) is 38.1 Å². The number of nitrogens with one attached hydrogen (secondary N) is 2. The summed E-state index contributed by atoms with van der Waals surface area (Å²) in [4.78, 5) is 35.8. The van der Waals surface area contributed by atoms with Crippen molar-refractivity contribution >= 4 is 28.0 Å². The van der Waals surface area contributed by atoms with Crippen LogP contribution in [0.2, 0.25) is 0 Å². The number of hydrogen-bond donors (Lipinski definition) is 2. The molecule has 1 fully saturated rings. The predicted molar refractivity (Wildman–Crippen MR) is 125 cm³/mol. The molecule has 4 heterocycles. The Balaban J connectivity index is 1.31. The molecule has 0 saturated carbocycles. The van der Waals surface area contributed by atoms with Crippen molar-refractivity contribution in [3.63, 3.8) is 0 Å². The summed E-state index contributed by atoms with van der Waals surface area (Å²) < 4.78 is 16.4. The van der Waals surface area contributed by atoms with E-state index < -0.39 is 0 Å². The number of aromatic amines is 1. The second-order valence-corrected chi connectivity index (χ2v) is 8.34. The van der Waals surface area contributed by atoms with Crippen molar-refractivity contribution in [1.29, 1.82) is 0 Å². The van der Waals surface area contributed by atoms with Gasteiger partial charge in [0.1, 0.15) is 11.5 Å². The minimum absolute atomic E-state index is 0.198. The molecule has 1 saturated heterocycles. The van der Waals surface area contributed by atoms with Crippen LogP contribution in [0.25, 0.3) is 16.4 Å². The Kier molecular flexibility index (Phi) is 5.33. The molecule has 0 bridgehead atoms. The minimum Gasteiger partial charge on any atom is -0.368 e. The van der Waals surface area contributed by atoms with Crippen LogP contribution in [-0.4, -0.2) is 58.4 Å². The Morgan fingerprint density at radius 2 is 1.97 bits per heavy atom. The van der Waals surface area contributed by atoms with E-state index in [2.05, 4.69) is 25.1 Å². The van der Waals surface area contributed by atoms with Gasteiger partial charge in [0.15, 0.2) is 0 Å². The SMILES string of the molecule is CNC(=O)c1ccc(N2CCN(Cc3cc(F)c4c(c3)[nH]c(=O)n3cccc43)CC2)c(C)n1. The molecule has 0 atom stereocenters. The Morgan fingerprint density at radius 1 is 1.18 bits per heavy atom. The van der Waals surface area contributed by atoms with Crippen LogP contribution >= 0.6 is 0 Å². The fraction of sp³-hybridized carbons (Fsp3) is 0.292. The number of pyridine rings is 1. The molecule has 8 nitrogen and oxygen atoms in total. The molecule has 1 aliphatic rings. The van der Waals surface area contributed by atoms with E-state index in [4.69, 9.17) is 0 Å². The number of amides is 1. The summed E-state index contributed by atoms with van der Waals surface area (Å²) in [7, 11) is 1.59. The number of rotatable bonds is 4. The normalized spacial score (nSPS) is 14.8. The van der Waals surface area contributed by atoms with E-state index in [1.54, 1.807) is 37.5 Å². The molecule has 5 rings (SSSR count). The Hall–Kier alpha value is -3.72. The first-order chi connectivity index (χ1) is 15.9. The van der Waals surface area contributed by atoms with Gasteiger partial charge < -0.3 is 15.2 Å². The molecular weight excluding hydrogens is 423 g/mol. The summed E-state index contributed by atoms with van der Waals surface area (Å²) in [6.07, 6.45) is 1.63. The van der Waals surface area contributed by atoms with Gasteiger partial charge in [0, 0.05) is 46.0 Å². The Morgan fingerprint density at radius 3 is 2.70 bits per heavy atom. The lowest BCUT2D eigenvalue weighted by Crippen LogP contribution is -2.46. The first kappa shape index (κ1) is 21.1. The van der Waals surface area contributed by atoms with Gasteiger partial charge in [0.05, 0.1) is 27.8 Å². The number of aromatic nitrogens is 3. The van der Waals surface area contributed by atoms with E-state index in [9.17, 15) is 14.0 Å². The van der Waals surface area contributed by atoms with E-state index in [-0.39, 0.29) is 17.4 Å².